The minimum atomic E-state index is -0.437. The van der Waals surface area contributed by atoms with E-state index in [4.69, 9.17) is 14.2 Å². The van der Waals surface area contributed by atoms with Crippen LogP contribution < -0.4 is 10.1 Å². The van der Waals surface area contributed by atoms with E-state index in [9.17, 15) is 4.79 Å². The highest BCUT2D eigenvalue weighted by molar-refractivity contribution is 5.94. The smallest absolute Gasteiger partial charge is 0.271 e. The number of H-pyrrole nitrogens is 1. The molecular weight excluding hydrogens is 410 g/mol. The fourth-order valence-electron chi connectivity index (χ4n) is 3.60. The Kier molecular flexibility index (Phi) is 4.65. The third kappa shape index (κ3) is 3.47. The number of carbonyl (C=O) groups is 1. The second-order valence-corrected chi connectivity index (χ2v) is 8.38. The van der Waals surface area contributed by atoms with Crippen molar-refractivity contribution in [2.24, 2.45) is 0 Å². The molecule has 2 N–H and O–H groups in total. The van der Waals surface area contributed by atoms with Gasteiger partial charge in [-0.05, 0) is 38.8 Å². The second kappa shape index (κ2) is 7.40. The summed E-state index contributed by atoms with van der Waals surface area (Å²) >= 11 is 0. The fourth-order valence-corrected chi connectivity index (χ4v) is 3.60. The van der Waals surface area contributed by atoms with Crippen LogP contribution in [0.3, 0.4) is 0 Å². The molecular formula is C22H23N7O3. The highest BCUT2D eigenvalue weighted by Gasteiger charge is 2.40. The number of carbonyl (C=O) groups excluding carboxylic acids is 1. The third-order valence-electron chi connectivity index (χ3n) is 5.96. The number of fused-ring (bicyclic) bond motifs is 1. The summed E-state index contributed by atoms with van der Waals surface area (Å²) in [4.78, 5) is 33.3. The van der Waals surface area contributed by atoms with Crippen LogP contribution in [0.25, 0.3) is 22.7 Å². The van der Waals surface area contributed by atoms with E-state index in [0.29, 0.717) is 34.4 Å². The molecule has 32 heavy (non-hydrogen) atoms. The predicted octanol–water partition coefficient (Wildman–Crippen LogP) is 3.26. The van der Waals surface area contributed by atoms with Crippen LogP contribution in [-0.4, -0.2) is 43.1 Å². The quantitative estimate of drug-likeness (QED) is 0.474. The Bertz CT molecular complexity index is 1320. The first-order chi connectivity index (χ1) is 15.4. The van der Waals surface area contributed by atoms with E-state index >= 15 is 0 Å². The average Bonchev–Trinajstić information content (AvgIpc) is 3.19. The zero-order valence-corrected chi connectivity index (χ0v) is 18.3. The number of methoxy groups -OCH3 is 1. The van der Waals surface area contributed by atoms with E-state index in [-0.39, 0.29) is 17.0 Å². The third-order valence-corrected chi connectivity index (χ3v) is 5.96. The van der Waals surface area contributed by atoms with Gasteiger partial charge in [0, 0.05) is 22.7 Å². The number of ether oxygens (including phenoxy) is 1. The molecule has 1 saturated carbocycles. The van der Waals surface area contributed by atoms with Crippen molar-refractivity contribution < 1.29 is 14.1 Å². The molecule has 164 valence electrons. The number of nitrogens with zero attached hydrogens (tertiary/aromatic N) is 5. The van der Waals surface area contributed by atoms with Crippen LogP contribution in [0.5, 0.6) is 5.88 Å². The topological polar surface area (TPSA) is 132 Å². The molecule has 1 fully saturated rings. The summed E-state index contributed by atoms with van der Waals surface area (Å²) in [6, 6.07) is 5.36. The minimum absolute atomic E-state index is 0.175. The predicted molar refractivity (Wildman–Crippen MR) is 115 cm³/mol. The van der Waals surface area contributed by atoms with Gasteiger partial charge in [-0.1, -0.05) is 12.1 Å². The SMILES string of the molecule is COc1ncnc(C(=O)NC(C)c2cc(-c3nc4nc(C5(C)CC5)ccc4[nH]3)no2)c1C. The van der Waals surface area contributed by atoms with Crippen molar-refractivity contribution in [3.8, 4) is 17.4 Å². The standard InChI is InChI=1S/C22H23N7O3/c1-11-17(23-10-24-21(11)31-4)20(30)25-12(2)15-9-14(29-32-15)19-26-13-5-6-16(22(3)7-8-22)27-18(13)28-19/h5-6,9-10,12H,7-8H2,1-4H3,(H,25,30)(H,26,27,28). The van der Waals surface area contributed by atoms with Crippen LogP contribution in [0.1, 0.15) is 60.2 Å². The zero-order chi connectivity index (χ0) is 22.5. The van der Waals surface area contributed by atoms with Crippen LogP contribution in [0, 0.1) is 6.92 Å². The summed E-state index contributed by atoms with van der Waals surface area (Å²) < 4.78 is 10.6. The van der Waals surface area contributed by atoms with E-state index in [0.717, 1.165) is 24.1 Å². The molecule has 0 aromatic carbocycles. The lowest BCUT2D eigenvalue weighted by molar-refractivity contribution is 0.0927. The summed E-state index contributed by atoms with van der Waals surface area (Å²) in [5.41, 5.74) is 4.08. The van der Waals surface area contributed by atoms with Gasteiger partial charge in [0.1, 0.15) is 17.7 Å². The highest BCUT2D eigenvalue weighted by Crippen LogP contribution is 2.46. The van der Waals surface area contributed by atoms with Gasteiger partial charge in [-0.25, -0.2) is 19.9 Å². The number of amides is 1. The Hall–Kier alpha value is -3.82. The molecule has 0 spiro atoms. The number of pyridine rings is 1. The van der Waals surface area contributed by atoms with Gasteiger partial charge in [-0.2, -0.15) is 0 Å². The van der Waals surface area contributed by atoms with E-state index < -0.39 is 6.04 Å². The van der Waals surface area contributed by atoms with Gasteiger partial charge in [0.2, 0.25) is 5.88 Å². The Labute approximate surface area is 183 Å². The molecule has 4 aromatic rings. The molecule has 0 saturated heterocycles. The second-order valence-electron chi connectivity index (χ2n) is 8.38. The van der Waals surface area contributed by atoms with Gasteiger partial charge in [0.25, 0.3) is 5.91 Å². The first-order valence-electron chi connectivity index (χ1n) is 10.4. The van der Waals surface area contributed by atoms with Crippen molar-refractivity contribution >= 4 is 17.1 Å². The molecule has 1 aliphatic carbocycles. The number of nitrogens with one attached hydrogen (secondary N) is 2. The van der Waals surface area contributed by atoms with Gasteiger partial charge in [0.05, 0.1) is 18.7 Å². The van der Waals surface area contributed by atoms with Crippen LogP contribution in [0.2, 0.25) is 0 Å². The summed E-state index contributed by atoms with van der Waals surface area (Å²) in [5.74, 6) is 1.06. The van der Waals surface area contributed by atoms with Gasteiger partial charge in [-0.3, -0.25) is 4.79 Å². The summed E-state index contributed by atoms with van der Waals surface area (Å²) in [6.45, 7) is 5.75. The zero-order valence-electron chi connectivity index (χ0n) is 18.3. The Morgan fingerprint density at radius 2 is 2.09 bits per heavy atom. The Balaban J connectivity index is 1.35. The number of hydrogen-bond acceptors (Lipinski definition) is 8. The number of aromatic amines is 1. The van der Waals surface area contributed by atoms with Gasteiger partial charge in [-0.15, -0.1) is 0 Å². The van der Waals surface area contributed by atoms with Gasteiger partial charge < -0.3 is 19.6 Å². The van der Waals surface area contributed by atoms with Crippen molar-refractivity contribution in [2.45, 2.75) is 45.1 Å². The molecule has 1 amide bonds. The Morgan fingerprint density at radius 1 is 1.28 bits per heavy atom. The van der Waals surface area contributed by atoms with Crippen molar-refractivity contribution in [1.29, 1.82) is 0 Å². The number of aromatic nitrogens is 6. The maximum Gasteiger partial charge on any atom is 0.271 e. The number of hydrogen-bond donors (Lipinski definition) is 2. The van der Waals surface area contributed by atoms with Crippen LogP contribution in [-0.2, 0) is 5.41 Å². The average molecular weight is 433 g/mol. The molecule has 1 unspecified atom stereocenters. The van der Waals surface area contributed by atoms with Crippen LogP contribution in [0.15, 0.2) is 29.0 Å². The van der Waals surface area contributed by atoms with E-state index in [1.807, 2.05) is 12.1 Å². The summed E-state index contributed by atoms with van der Waals surface area (Å²) in [5, 5.41) is 6.98. The maximum atomic E-state index is 12.7. The van der Waals surface area contributed by atoms with Crippen LogP contribution >= 0.6 is 0 Å². The summed E-state index contributed by atoms with van der Waals surface area (Å²) in [6.07, 6.45) is 3.60. The molecule has 4 heterocycles. The summed E-state index contributed by atoms with van der Waals surface area (Å²) in [7, 11) is 1.50. The molecule has 0 bridgehead atoms. The normalized spacial score (nSPS) is 15.5. The molecule has 1 atom stereocenters. The molecule has 0 aliphatic heterocycles. The van der Waals surface area contributed by atoms with Crippen LogP contribution in [0.4, 0.5) is 0 Å². The van der Waals surface area contributed by atoms with Gasteiger partial charge >= 0.3 is 0 Å². The monoisotopic (exact) mass is 433 g/mol. The molecule has 10 nitrogen and oxygen atoms in total. The largest absolute Gasteiger partial charge is 0.481 e. The van der Waals surface area contributed by atoms with Crippen molar-refractivity contribution in [2.75, 3.05) is 7.11 Å². The first-order valence-corrected chi connectivity index (χ1v) is 10.4. The molecule has 10 heteroatoms. The number of imidazole rings is 1. The van der Waals surface area contributed by atoms with E-state index in [1.165, 1.54) is 13.4 Å². The van der Waals surface area contributed by atoms with E-state index in [1.54, 1.807) is 19.9 Å². The van der Waals surface area contributed by atoms with E-state index in [2.05, 4.69) is 37.3 Å². The van der Waals surface area contributed by atoms with Crippen molar-refractivity contribution in [3.05, 3.63) is 47.2 Å². The first kappa shape index (κ1) is 20.1. The lowest BCUT2D eigenvalue weighted by Gasteiger charge is -2.12. The minimum Gasteiger partial charge on any atom is -0.481 e. The lowest BCUT2D eigenvalue weighted by atomic mass is 10.1. The highest BCUT2D eigenvalue weighted by atomic mass is 16.5. The maximum absolute atomic E-state index is 12.7. The fraction of sp³-hybridized carbons (Fsp3) is 0.364. The molecule has 1 aliphatic rings. The molecule has 0 radical (unpaired) electrons. The molecule has 5 rings (SSSR count). The lowest BCUT2D eigenvalue weighted by Crippen LogP contribution is -2.28. The van der Waals surface area contributed by atoms with Crippen molar-refractivity contribution in [3.63, 3.8) is 0 Å². The van der Waals surface area contributed by atoms with Crippen molar-refractivity contribution in [1.82, 2.24) is 35.4 Å². The number of rotatable bonds is 6. The van der Waals surface area contributed by atoms with Gasteiger partial charge in [0.15, 0.2) is 17.2 Å². The molecule has 4 aromatic heterocycles. The Morgan fingerprint density at radius 3 is 2.84 bits per heavy atom.